The first-order valence-corrected chi connectivity index (χ1v) is 10.4. The van der Waals surface area contributed by atoms with Crippen molar-refractivity contribution in [1.82, 2.24) is 4.90 Å². The van der Waals surface area contributed by atoms with Crippen molar-refractivity contribution in [2.45, 2.75) is 13.5 Å². The van der Waals surface area contributed by atoms with Crippen LogP contribution in [0.3, 0.4) is 0 Å². The summed E-state index contributed by atoms with van der Waals surface area (Å²) in [5.74, 6) is -0.731. The van der Waals surface area contributed by atoms with Gasteiger partial charge in [0.1, 0.15) is 23.2 Å². The number of imide groups is 1. The lowest BCUT2D eigenvalue weighted by Crippen LogP contribution is -2.42. The molecule has 0 radical (unpaired) electrons. The lowest BCUT2D eigenvalue weighted by atomic mass is 9.94. The third-order valence-corrected chi connectivity index (χ3v) is 5.49. The number of furan rings is 1. The van der Waals surface area contributed by atoms with Crippen molar-refractivity contribution in [3.05, 3.63) is 100 Å². The molecule has 7 nitrogen and oxygen atoms in total. The fourth-order valence-corrected chi connectivity index (χ4v) is 3.68. The van der Waals surface area contributed by atoms with Crippen LogP contribution in [-0.4, -0.2) is 29.8 Å². The van der Waals surface area contributed by atoms with Gasteiger partial charge in [-0.2, -0.15) is 5.26 Å². The maximum Gasteiger partial charge on any atom is 0.337 e. The summed E-state index contributed by atoms with van der Waals surface area (Å²) in [5, 5.41) is 9.57. The largest absolute Gasteiger partial charge is 0.465 e. The third-order valence-electron chi connectivity index (χ3n) is 5.49. The van der Waals surface area contributed by atoms with Gasteiger partial charge < -0.3 is 9.15 Å². The molecule has 2 heterocycles. The van der Waals surface area contributed by atoms with E-state index in [4.69, 9.17) is 9.15 Å². The van der Waals surface area contributed by atoms with Gasteiger partial charge in [0.05, 0.1) is 19.2 Å². The highest BCUT2D eigenvalue weighted by atomic mass is 16.5. The standard InChI is InChI=1S/C27H20N2O5/c1-17-22(25(30)29(26(31)23(17)15-28)16-18-7-4-3-5-8-18)14-21-11-12-24(34-21)19-9-6-10-20(13-19)27(32)33-2/h3-14H,16H2,1-2H3/b22-14+. The van der Waals surface area contributed by atoms with Gasteiger partial charge in [0, 0.05) is 11.1 Å². The molecule has 0 saturated carbocycles. The van der Waals surface area contributed by atoms with Gasteiger partial charge in [-0.15, -0.1) is 0 Å². The molecule has 1 aliphatic heterocycles. The number of ether oxygens (including phenoxy) is 1. The summed E-state index contributed by atoms with van der Waals surface area (Å²) in [6.45, 7) is 1.63. The Hall–Kier alpha value is -4.70. The number of hydrogen-bond acceptors (Lipinski definition) is 6. The molecule has 3 aromatic rings. The van der Waals surface area contributed by atoms with E-state index in [1.54, 1.807) is 43.3 Å². The molecule has 0 fully saturated rings. The highest BCUT2D eigenvalue weighted by molar-refractivity contribution is 6.19. The Bertz CT molecular complexity index is 1390. The average molecular weight is 452 g/mol. The Balaban J connectivity index is 1.69. The maximum atomic E-state index is 13.2. The topological polar surface area (TPSA) is 101 Å². The molecule has 0 unspecified atom stereocenters. The lowest BCUT2D eigenvalue weighted by Gasteiger charge is -2.27. The predicted molar refractivity (Wildman–Crippen MR) is 124 cm³/mol. The van der Waals surface area contributed by atoms with Gasteiger partial charge in [0.15, 0.2) is 0 Å². The van der Waals surface area contributed by atoms with Gasteiger partial charge in [0.2, 0.25) is 0 Å². The molecular weight excluding hydrogens is 432 g/mol. The molecule has 1 aliphatic rings. The maximum absolute atomic E-state index is 13.2. The Morgan fingerprint density at radius 2 is 1.82 bits per heavy atom. The van der Waals surface area contributed by atoms with E-state index < -0.39 is 17.8 Å². The van der Waals surface area contributed by atoms with Crippen LogP contribution in [0.1, 0.15) is 28.6 Å². The lowest BCUT2D eigenvalue weighted by molar-refractivity contribution is -0.141. The highest BCUT2D eigenvalue weighted by Gasteiger charge is 2.35. The molecule has 0 atom stereocenters. The molecule has 4 rings (SSSR count). The summed E-state index contributed by atoms with van der Waals surface area (Å²) in [7, 11) is 1.31. The normalized spacial score (nSPS) is 15.0. The van der Waals surface area contributed by atoms with Crippen LogP contribution in [0.4, 0.5) is 0 Å². The minimum Gasteiger partial charge on any atom is -0.465 e. The Kier molecular flexibility index (Phi) is 6.24. The number of methoxy groups -OCH3 is 1. The van der Waals surface area contributed by atoms with Crippen molar-refractivity contribution in [2.24, 2.45) is 0 Å². The molecule has 0 saturated heterocycles. The number of rotatable bonds is 5. The molecule has 0 bridgehead atoms. The molecule has 7 heteroatoms. The molecule has 34 heavy (non-hydrogen) atoms. The van der Waals surface area contributed by atoms with E-state index in [1.165, 1.54) is 13.2 Å². The fraction of sp³-hybridized carbons (Fsp3) is 0.111. The zero-order chi connectivity index (χ0) is 24.2. The predicted octanol–water partition coefficient (Wildman–Crippen LogP) is 4.53. The van der Waals surface area contributed by atoms with E-state index in [1.807, 2.05) is 36.4 Å². The second-order valence-corrected chi connectivity index (χ2v) is 7.63. The van der Waals surface area contributed by atoms with E-state index >= 15 is 0 Å². The second-order valence-electron chi connectivity index (χ2n) is 7.63. The number of amides is 2. The Morgan fingerprint density at radius 1 is 1.06 bits per heavy atom. The first kappa shape index (κ1) is 22.5. The van der Waals surface area contributed by atoms with Crippen LogP contribution < -0.4 is 0 Å². The SMILES string of the molecule is COC(=O)c1cccc(-c2ccc(/C=C3/C(=O)N(Cc4ccccc4)C(=O)C(C#N)=C3C)o2)c1. The first-order valence-electron chi connectivity index (χ1n) is 10.4. The number of carbonyl (C=O) groups excluding carboxylic acids is 3. The quantitative estimate of drug-likeness (QED) is 0.320. The molecule has 2 amide bonds. The van der Waals surface area contributed by atoms with Crippen molar-refractivity contribution in [3.63, 3.8) is 0 Å². The summed E-state index contributed by atoms with van der Waals surface area (Å²) in [4.78, 5) is 39.0. The zero-order valence-corrected chi connectivity index (χ0v) is 18.6. The van der Waals surface area contributed by atoms with E-state index in [0.717, 1.165) is 10.5 Å². The summed E-state index contributed by atoms with van der Waals surface area (Å²) in [6, 6.07) is 21.2. The average Bonchev–Trinajstić information content (AvgIpc) is 3.34. The fourth-order valence-electron chi connectivity index (χ4n) is 3.68. The first-order chi connectivity index (χ1) is 16.4. The van der Waals surface area contributed by atoms with E-state index in [2.05, 4.69) is 0 Å². The van der Waals surface area contributed by atoms with Crippen molar-refractivity contribution in [1.29, 1.82) is 5.26 Å². The van der Waals surface area contributed by atoms with Crippen LogP contribution in [-0.2, 0) is 20.9 Å². The van der Waals surface area contributed by atoms with Crippen molar-refractivity contribution >= 4 is 23.9 Å². The van der Waals surface area contributed by atoms with Gasteiger partial charge in [-0.25, -0.2) is 4.79 Å². The van der Waals surface area contributed by atoms with Crippen LogP contribution in [0.5, 0.6) is 0 Å². The second kappa shape index (κ2) is 9.43. The van der Waals surface area contributed by atoms with Crippen LogP contribution in [0.15, 0.2) is 87.9 Å². The Morgan fingerprint density at radius 3 is 2.53 bits per heavy atom. The van der Waals surface area contributed by atoms with E-state index in [0.29, 0.717) is 28.2 Å². The highest BCUT2D eigenvalue weighted by Crippen LogP contribution is 2.30. The van der Waals surface area contributed by atoms with Gasteiger partial charge in [-0.3, -0.25) is 14.5 Å². The zero-order valence-electron chi connectivity index (χ0n) is 18.6. The number of esters is 1. The van der Waals surface area contributed by atoms with Crippen molar-refractivity contribution < 1.29 is 23.5 Å². The van der Waals surface area contributed by atoms with Crippen molar-refractivity contribution in [3.8, 4) is 17.4 Å². The molecule has 0 spiro atoms. The smallest absolute Gasteiger partial charge is 0.337 e. The van der Waals surface area contributed by atoms with Crippen LogP contribution in [0, 0.1) is 11.3 Å². The number of benzene rings is 2. The molecule has 1 aromatic heterocycles. The number of nitriles is 1. The molecular formula is C27H20N2O5. The van der Waals surface area contributed by atoms with E-state index in [9.17, 15) is 19.6 Å². The summed E-state index contributed by atoms with van der Waals surface area (Å²) < 4.78 is 10.7. The number of carbonyl (C=O) groups is 3. The van der Waals surface area contributed by atoms with Gasteiger partial charge >= 0.3 is 5.97 Å². The summed E-state index contributed by atoms with van der Waals surface area (Å²) in [5.41, 5.74) is 2.23. The summed E-state index contributed by atoms with van der Waals surface area (Å²) in [6.07, 6.45) is 1.52. The Labute approximate surface area is 196 Å². The van der Waals surface area contributed by atoms with Crippen LogP contribution in [0.2, 0.25) is 0 Å². The monoisotopic (exact) mass is 452 g/mol. The van der Waals surface area contributed by atoms with Gasteiger partial charge in [-0.05, 0) is 48.4 Å². The van der Waals surface area contributed by atoms with Crippen molar-refractivity contribution in [2.75, 3.05) is 7.11 Å². The molecule has 168 valence electrons. The van der Waals surface area contributed by atoms with Gasteiger partial charge in [-0.1, -0.05) is 42.5 Å². The minimum absolute atomic E-state index is 0.0536. The number of hydrogen-bond donors (Lipinski definition) is 0. The minimum atomic E-state index is -0.620. The third kappa shape index (κ3) is 4.30. The van der Waals surface area contributed by atoms with E-state index in [-0.39, 0.29) is 17.7 Å². The van der Waals surface area contributed by atoms with Crippen LogP contribution in [0.25, 0.3) is 17.4 Å². The molecule has 2 aromatic carbocycles. The van der Waals surface area contributed by atoms with Crippen LogP contribution >= 0.6 is 0 Å². The molecule has 0 N–H and O–H groups in total. The van der Waals surface area contributed by atoms with Gasteiger partial charge in [0.25, 0.3) is 11.8 Å². The number of nitrogens with zero attached hydrogens (tertiary/aromatic N) is 2. The molecule has 0 aliphatic carbocycles. The summed E-state index contributed by atoms with van der Waals surface area (Å²) >= 11 is 0.